The van der Waals surface area contributed by atoms with Gasteiger partial charge in [0.1, 0.15) is 5.82 Å². The van der Waals surface area contributed by atoms with Gasteiger partial charge in [0.05, 0.1) is 11.1 Å². The fourth-order valence-corrected chi connectivity index (χ4v) is 3.38. The van der Waals surface area contributed by atoms with E-state index in [2.05, 4.69) is 19.2 Å². The molecule has 1 N–H and O–H groups in total. The smallest absolute Gasteiger partial charge is 0.142 e. The van der Waals surface area contributed by atoms with E-state index in [4.69, 9.17) is 27.9 Å². The molecule has 0 spiro atoms. The highest BCUT2D eigenvalue weighted by atomic mass is 35.5. The van der Waals surface area contributed by atoms with Gasteiger partial charge in [-0.2, -0.15) is 0 Å². The van der Waals surface area contributed by atoms with Crippen LogP contribution in [-0.4, -0.2) is 19.3 Å². The molecule has 20 heavy (non-hydrogen) atoms. The van der Waals surface area contributed by atoms with E-state index in [1.165, 1.54) is 12.1 Å². The molecule has 0 bridgehead atoms. The van der Waals surface area contributed by atoms with Crippen LogP contribution in [0.1, 0.15) is 38.8 Å². The van der Waals surface area contributed by atoms with E-state index in [-0.39, 0.29) is 22.6 Å². The van der Waals surface area contributed by atoms with Crippen molar-refractivity contribution in [1.82, 2.24) is 5.32 Å². The molecule has 0 saturated heterocycles. The molecule has 1 aliphatic rings. The molecule has 1 fully saturated rings. The van der Waals surface area contributed by atoms with Crippen LogP contribution in [0.15, 0.2) is 12.1 Å². The van der Waals surface area contributed by atoms with Crippen molar-refractivity contribution in [2.75, 3.05) is 7.11 Å². The van der Waals surface area contributed by atoms with Gasteiger partial charge in [-0.25, -0.2) is 4.39 Å². The van der Waals surface area contributed by atoms with Crippen LogP contribution < -0.4 is 5.32 Å². The minimum absolute atomic E-state index is 0.0450. The number of benzene rings is 1. The molecule has 1 aliphatic carbocycles. The summed E-state index contributed by atoms with van der Waals surface area (Å²) in [6.07, 6.45) is 1.20. The van der Waals surface area contributed by atoms with Crippen molar-refractivity contribution >= 4 is 23.2 Å². The molecule has 0 aromatic heterocycles. The first-order valence-corrected chi connectivity index (χ1v) is 7.46. The zero-order valence-electron chi connectivity index (χ0n) is 12.1. The van der Waals surface area contributed by atoms with Gasteiger partial charge in [-0.15, -0.1) is 0 Å². The lowest BCUT2D eigenvalue weighted by Crippen LogP contribution is -2.60. The van der Waals surface area contributed by atoms with Crippen molar-refractivity contribution in [2.45, 2.75) is 45.4 Å². The average Bonchev–Trinajstić information content (AvgIpc) is 2.37. The van der Waals surface area contributed by atoms with E-state index in [1.807, 2.05) is 6.92 Å². The second-order valence-corrected chi connectivity index (χ2v) is 6.82. The van der Waals surface area contributed by atoms with Gasteiger partial charge in [0, 0.05) is 29.6 Å². The van der Waals surface area contributed by atoms with Crippen molar-refractivity contribution in [3.8, 4) is 0 Å². The number of halogens is 3. The van der Waals surface area contributed by atoms with Crippen molar-refractivity contribution in [2.24, 2.45) is 5.41 Å². The van der Waals surface area contributed by atoms with Gasteiger partial charge in [-0.1, -0.05) is 37.0 Å². The van der Waals surface area contributed by atoms with Crippen LogP contribution in [0.2, 0.25) is 10.0 Å². The van der Waals surface area contributed by atoms with E-state index in [0.29, 0.717) is 11.1 Å². The number of nitrogens with one attached hydrogen (secondary N) is 1. The summed E-state index contributed by atoms with van der Waals surface area (Å²) in [6, 6.07) is 3.13. The number of hydrogen-bond donors (Lipinski definition) is 1. The Hall–Kier alpha value is -0.350. The number of hydrogen-bond acceptors (Lipinski definition) is 2. The monoisotopic (exact) mass is 319 g/mol. The Labute approximate surface area is 129 Å². The molecule has 0 aliphatic heterocycles. The van der Waals surface area contributed by atoms with E-state index < -0.39 is 5.82 Å². The highest BCUT2D eigenvalue weighted by Crippen LogP contribution is 2.43. The number of methoxy groups -OCH3 is 1. The quantitative estimate of drug-likeness (QED) is 0.819. The van der Waals surface area contributed by atoms with E-state index >= 15 is 0 Å². The summed E-state index contributed by atoms with van der Waals surface area (Å²) in [4.78, 5) is 0. The first-order valence-electron chi connectivity index (χ1n) is 6.70. The lowest BCUT2D eigenvalue weighted by Gasteiger charge is -2.52. The standard InChI is InChI=1S/C15H20Cl2FNO/c1-8(9-5-12(18)11(17)6-10(9)16)19-13-7-14(20-4)15(13,2)3/h5-6,8,13-14,19H,7H2,1-4H3. The fourth-order valence-electron chi connectivity index (χ4n) is 2.83. The first-order chi connectivity index (χ1) is 9.27. The zero-order valence-corrected chi connectivity index (χ0v) is 13.6. The molecule has 0 heterocycles. The minimum Gasteiger partial charge on any atom is -0.381 e. The second-order valence-electron chi connectivity index (χ2n) is 6.01. The predicted molar refractivity (Wildman–Crippen MR) is 81.0 cm³/mol. The number of rotatable bonds is 4. The van der Waals surface area contributed by atoms with Gasteiger partial charge in [-0.3, -0.25) is 0 Å². The molecule has 5 heteroatoms. The summed E-state index contributed by atoms with van der Waals surface area (Å²) in [7, 11) is 1.73. The van der Waals surface area contributed by atoms with Crippen LogP contribution in [0.3, 0.4) is 0 Å². The van der Waals surface area contributed by atoms with Crippen LogP contribution in [0.25, 0.3) is 0 Å². The SMILES string of the molecule is COC1CC(NC(C)c2cc(F)c(Cl)cc2Cl)C1(C)C. The Balaban J connectivity index is 2.10. The minimum atomic E-state index is -0.442. The van der Waals surface area contributed by atoms with Gasteiger partial charge in [0.15, 0.2) is 0 Å². The third-order valence-electron chi connectivity index (χ3n) is 4.42. The van der Waals surface area contributed by atoms with Gasteiger partial charge in [0.25, 0.3) is 0 Å². The topological polar surface area (TPSA) is 21.3 Å². The average molecular weight is 320 g/mol. The van der Waals surface area contributed by atoms with Gasteiger partial charge >= 0.3 is 0 Å². The van der Waals surface area contributed by atoms with Gasteiger partial charge in [-0.05, 0) is 31.0 Å². The molecule has 2 rings (SSSR count). The van der Waals surface area contributed by atoms with E-state index in [0.717, 1.165) is 12.0 Å². The highest BCUT2D eigenvalue weighted by molar-refractivity contribution is 6.35. The van der Waals surface area contributed by atoms with Crippen molar-refractivity contribution < 1.29 is 9.13 Å². The molecular weight excluding hydrogens is 300 g/mol. The summed E-state index contributed by atoms with van der Waals surface area (Å²) in [6.45, 7) is 6.31. The molecule has 3 unspecified atom stereocenters. The summed E-state index contributed by atoms with van der Waals surface area (Å²) >= 11 is 11.9. The summed E-state index contributed by atoms with van der Waals surface area (Å²) < 4.78 is 19.0. The Morgan fingerprint density at radius 2 is 2.00 bits per heavy atom. The summed E-state index contributed by atoms with van der Waals surface area (Å²) in [5.74, 6) is -0.442. The maximum absolute atomic E-state index is 13.6. The molecule has 1 aromatic rings. The molecular formula is C15H20Cl2FNO. The molecule has 1 saturated carbocycles. The highest BCUT2D eigenvalue weighted by Gasteiger charge is 2.48. The van der Waals surface area contributed by atoms with Crippen molar-refractivity contribution in [3.05, 3.63) is 33.6 Å². The fraction of sp³-hybridized carbons (Fsp3) is 0.600. The maximum atomic E-state index is 13.6. The molecule has 0 radical (unpaired) electrons. The third-order valence-corrected chi connectivity index (χ3v) is 5.04. The van der Waals surface area contributed by atoms with E-state index in [1.54, 1.807) is 7.11 Å². The van der Waals surface area contributed by atoms with Crippen molar-refractivity contribution in [1.29, 1.82) is 0 Å². The summed E-state index contributed by atoms with van der Waals surface area (Å²) in [5.41, 5.74) is 0.783. The van der Waals surface area contributed by atoms with Crippen LogP contribution in [0.5, 0.6) is 0 Å². The Morgan fingerprint density at radius 1 is 1.35 bits per heavy atom. The zero-order chi connectivity index (χ0) is 15.1. The maximum Gasteiger partial charge on any atom is 0.142 e. The molecule has 3 atom stereocenters. The molecule has 1 aromatic carbocycles. The molecule has 2 nitrogen and oxygen atoms in total. The lowest BCUT2D eigenvalue weighted by molar-refractivity contribution is -0.0999. The van der Waals surface area contributed by atoms with Crippen LogP contribution >= 0.6 is 23.2 Å². The first kappa shape index (κ1) is 16.0. The lowest BCUT2D eigenvalue weighted by atomic mass is 9.64. The summed E-state index contributed by atoms with van der Waals surface area (Å²) in [5, 5.41) is 4.03. The van der Waals surface area contributed by atoms with Gasteiger partial charge < -0.3 is 10.1 Å². The Kier molecular flexibility index (Phi) is 4.65. The van der Waals surface area contributed by atoms with Crippen LogP contribution in [-0.2, 0) is 4.74 Å². The van der Waals surface area contributed by atoms with Crippen molar-refractivity contribution in [3.63, 3.8) is 0 Å². The number of ether oxygens (including phenoxy) is 1. The molecule has 112 valence electrons. The van der Waals surface area contributed by atoms with Gasteiger partial charge in [0.2, 0.25) is 0 Å². The molecule has 0 amide bonds. The van der Waals surface area contributed by atoms with Crippen LogP contribution in [0.4, 0.5) is 4.39 Å². The van der Waals surface area contributed by atoms with E-state index in [9.17, 15) is 4.39 Å². The Morgan fingerprint density at radius 3 is 2.55 bits per heavy atom. The third kappa shape index (κ3) is 2.82. The normalized spacial score (nSPS) is 26.1. The Bertz CT molecular complexity index is 507. The predicted octanol–water partition coefficient (Wildman–Crippen LogP) is 4.60. The van der Waals surface area contributed by atoms with Crippen LogP contribution in [0, 0.1) is 11.2 Å². The largest absolute Gasteiger partial charge is 0.381 e. The second kappa shape index (κ2) is 5.80.